The van der Waals surface area contributed by atoms with Crippen molar-refractivity contribution in [3.8, 4) is 67.5 Å². The lowest BCUT2D eigenvalue weighted by Crippen LogP contribution is -2.21. The smallest absolute Gasteiger partial charge is 0.126 e. The van der Waals surface area contributed by atoms with Gasteiger partial charge in [0.15, 0.2) is 0 Å². The van der Waals surface area contributed by atoms with Crippen LogP contribution in [0.15, 0.2) is 194 Å². The molecule has 0 unspecified atom stereocenters. The van der Waals surface area contributed by atoms with Crippen molar-refractivity contribution in [2.24, 2.45) is 0 Å². The minimum Gasteiger partial charge on any atom is -0.496 e. The van der Waals surface area contributed by atoms with Gasteiger partial charge in [-0.25, -0.2) is 0 Å². The number of para-hydroxylation sites is 4. The Morgan fingerprint density at radius 3 is 0.689 bits per heavy atom. The third kappa shape index (κ3) is 8.85. The highest BCUT2D eigenvalue weighted by molar-refractivity contribution is 7.74. The summed E-state index contributed by atoms with van der Waals surface area (Å²) in [6, 6.07) is 69.3. The van der Waals surface area contributed by atoms with Crippen LogP contribution in [0.3, 0.4) is 0 Å². The Labute approximate surface area is 363 Å². The molecule has 0 bridgehead atoms. The number of methoxy groups -OCH3 is 4. The first kappa shape index (κ1) is 41.5. The van der Waals surface area contributed by atoms with Crippen LogP contribution in [-0.4, -0.2) is 40.8 Å². The van der Waals surface area contributed by atoms with Gasteiger partial charge in [0.1, 0.15) is 23.0 Å². The predicted molar refractivity (Wildman–Crippen MR) is 260 cm³/mol. The zero-order valence-electron chi connectivity index (χ0n) is 35.1. The maximum atomic E-state index is 5.98. The van der Waals surface area contributed by atoms with Gasteiger partial charge in [0.2, 0.25) is 0 Å². The summed E-state index contributed by atoms with van der Waals surface area (Å²) >= 11 is 0. The summed E-state index contributed by atoms with van der Waals surface area (Å²) in [4.78, 5) is 0. The topological polar surface area (TPSA) is 36.9 Å². The maximum absolute atomic E-state index is 5.98. The van der Waals surface area contributed by atoms with Crippen molar-refractivity contribution >= 4 is 37.1 Å². The quantitative estimate of drug-likeness (QED) is 0.0909. The molecule has 6 heteroatoms. The predicted octanol–water partition coefficient (Wildman–Crippen LogP) is 12.3. The SMILES string of the molecule is COc1ccccc1-c1ccccc1P(CCCP(c1ccccc1-c1ccccc1OC)c1ccccc1-c1ccccc1OC)c1ccccc1-c1ccccc1OC. The van der Waals surface area contributed by atoms with E-state index in [4.69, 9.17) is 18.9 Å². The van der Waals surface area contributed by atoms with Crippen LogP contribution in [0.4, 0.5) is 0 Å². The molecule has 0 aliphatic rings. The van der Waals surface area contributed by atoms with Gasteiger partial charge in [-0.3, -0.25) is 0 Å². The zero-order valence-corrected chi connectivity index (χ0v) is 36.9. The molecule has 0 atom stereocenters. The lowest BCUT2D eigenvalue weighted by atomic mass is 10.0. The van der Waals surface area contributed by atoms with Crippen LogP contribution in [0.2, 0.25) is 0 Å². The summed E-state index contributed by atoms with van der Waals surface area (Å²) in [7, 11) is 5.23. The van der Waals surface area contributed by atoms with Crippen molar-refractivity contribution < 1.29 is 18.9 Å². The molecule has 0 N–H and O–H groups in total. The first-order chi connectivity index (χ1) is 30.1. The first-order valence-corrected chi connectivity index (χ1v) is 23.6. The van der Waals surface area contributed by atoms with Gasteiger partial charge in [0.25, 0.3) is 0 Å². The Kier molecular flexibility index (Phi) is 13.6. The Balaban J connectivity index is 1.29. The standard InChI is InChI=1S/C55H50O4P2/c1-56-48-30-13-5-22-40(48)44-26-9-17-34-52(44)60(53-35-18-10-27-45(53)41-23-6-14-31-49(41)57-2)38-21-39-61(54-36-19-11-28-46(54)42-24-7-15-32-50(42)58-3)55-37-20-12-29-47(55)43-25-8-16-33-51(43)59-4/h5-20,22-37H,21,38-39H2,1-4H3. The van der Waals surface area contributed by atoms with Crippen LogP contribution >= 0.6 is 15.8 Å². The number of hydrogen-bond donors (Lipinski definition) is 0. The number of rotatable bonds is 16. The van der Waals surface area contributed by atoms with Gasteiger partial charge < -0.3 is 18.9 Å². The van der Waals surface area contributed by atoms with Gasteiger partial charge >= 0.3 is 0 Å². The summed E-state index contributed by atoms with van der Waals surface area (Å²) in [6.07, 6.45) is 2.93. The van der Waals surface area contributed by atoms with Gasteiger partial charge in [0.05, 0.1) is 28.4 Å². The van der Waals surface area contributed by atoms with Gasteiger partial charge in [0, 0.05) is 22.3 Å². The van der Waals surface area contributed by atoms with Crippen LogP contribution in [0, 0.1) is 0 Å². The number of ether oxygens (including phenoxy) is 4. The van der Waals surface area contributed by atoms with E-state index in [-0.39, 0.29) is 0 Å². The average molecular weight is 837 g/mol. The lowest BCUT2D eigenvalue weighted by Gasteiger charge is -2.28. The van der Waals surface area contributed by atoms with Crippen molar-refractivity contribution in [1.82, 2.24) is 0 Å². The second-order valence-corrected chi connectivity index (χ2v) is 19.1. The Bertz CT molecular complexity index is 2360. The van der Waals surface area contributed by atoms with Crippen LogP contribution < -0.4 is 40.2 Å². The third-order valence-corrected chi connectivity index (χ3v) is 16.5. The summed E-state index contributed by atoms with van der Waals surface area (Å²) in [6.45, 7) is 0. The van der Waals surface area contributed by atoms with Gasteiger partial charge in [-0.15, -0.1) is 0 Å². The molecule has 8 aromatic carbocycles. The molecule has 0 radical (unpaired) electrons. The van der Waals surface area contributed by atoms with Crippen LogP contribution in [0.25, 0.3) is 44.5 Å². The lowest BCUT2D eigenvalue weighted by molar-refractivity contribution is 0.416. The van der Waals surface area contributed by atoms with Crippen LogP contribution in [-0.2, 0) is 0 Å². The largest absolute Gasteiger partial charge is 0.496 e. The van der Waals surface area contributed by atoms with Crippen molar-refractivity contribution in [3.05, 3.63) is 194 Å². The van der Waals surface area contributed by atoms with E-state index < -0.39 is 15.8 Å². The highest BCUT2D eigenvalue weighted by atomic mass is 31.1. The maximum Gasteiger partial charge on any atom is 0.126 e. The van der Waals surface area contributed by atoms with E-state index in [9.17, 15) is 0 Å². The molecule has 0 fully saturated rings. The average Bonchev–Trinajstić information content (AvgIpc) is 3.34. The van der Waals surface area contributed by atoms with Crippen LogP contribution in [0.5, 0.6) is 23.0 Å². The van der Waals surface area contributed by atoms with E-state index in [2.05, 4.69) is 170 Å². The Morgan fingerprint density at radius 2 is 0.459 bits per heavy atom. The van der Waals surface area contributed by atoms with Gasteiger partial charge in [-0.1, -0.05) is 170 Å². The van der Waals surface area contributed by atoms with Crippen molar-refractivity contribution in [3.63, 3.8) is 0 Å². The molecule has 0 aliphatic heterocycles. The highest BCUT2D eigenvalue weighted by Gasteiger charge is 2.27. The van der Waals surface area contributed by atoms with E-state index >= 15 is 0 Å². The van der Waals surface area contributed by atoms with E-state index in [1.165, 1.54) is 43.5 Å². The van der Waals surface area contributed by atoms with Crippen molar-refractivity contribution in [2.75, 3.05) is 40.8 Å². The molecule has 61 heavy (non-hydrogen) atoms. The van der Waals surface area contributed by atoms with E-state index in [1.807, 2.05) is 24.3 Å². The van der Waals surface area contributed by atoms with Crippen molar-refractivity contribution in [1.29, 1.82) is 0 Å². The second-order valence-electron chi connectivity index (χ2n) is 14.5. The molecular weight excluding hydrogens is 787 g/mol. The fourth-order valence-corrected chi connectivity index (χ4v) is 14.0. The zero-order chi connectivity index (χ0) is 42.0. The highest BCUT2D eigenvalue weighted by Crippen LogP contribution is 2.48. The molecule has 0 spiro atoms. The molecule has 0 saturated heterocycles. The molecule has 304 valence electrons. The summed E-state index contributed by atoms with van der Waals surface area (Å²) in [5, 5.41) is 5.32. The molecular formula is C55H50O4P2. The molecule has 0 aromatic heterocycles. The minimum atomic E-state index is -0.902. The van der Waals surface area contributed by atoms with E-state index in [0.717, 1.165) is 64.0 Å². The Morgan fingerprint density at radius 1 is 0.262 bits per heavy atom. The second kappa shape index (κ2) is 19.9. The van der Waals surface area contributed by atoms with E-state index in [1.54, 1.807) is 28.4 Å². The fourth-order valence-electron chi connectivity index (χ4n) is 8.34. The molecule has 8 aromatic rings. The molecule has 8 rings (SSSR count). The molecule has 0 saturated carbocycles. The number of benzene rings is 8. The summed E-state index contributed by atoms with van der Waals surface area (Å²) < 4.78 is 23.9. The molecule has 4 nitrogen and oxygen atoms in total. The molecule has 0 heterocycles. The minimum absolute atomic E-state index is 0.868. The number of hydrogen-bond acceptors (Lipinski definition) is 4. The first-order valence-electron chi connectivity index (χ1n) is 20.6. The molecule has 0 amide bonds. The third-order valence-electron chi connectivity index (χ3n) is 11.1. The fraction of sp³-hybridized carbons (Fsp3) is 0.127. The van der Waals surface area contributed by atoms with E-state index in [0.29, 0.717) is 0 Å². The summed E-state index contributed by atoms with van der Waals surface area (Å²) in [5.74, 6) is 3.47. The van der Waals surface area contributed by atoms with Crippen molar-refractivity contribution in [2.45, 2.75) is 6.42 Å². The normalized spacial score (nSPS) is 11.1. The monoisotopic (exact) mass is 836 g/mol. The Hall–Kier alpha value is -6.18. The molecule has 0 aliphatic carbocycles. The summed E-state index contributed by atoms with van der Waals surface area (Å²) in [5.41, 5.74) is 9.20. The van der Waals surface area contributed by atoms with Gasteiger partial charge in [-0.05, 0) is 102 Å². The van der Waals surface area contributed by atoms with Crippen LogP contribution in [0.1, 0.15) is 6.42 Å². The van der Waals surface area contributed by atoms with Gasteiger partial charge in [-0.2, -0.15) is 0 Å².